The molecule has 0 unspecified atom stereocenters. The van der Waals surface area contributed by atoms with Gasteiger partial charge < -0.3 is 5.73 Å². The smallest absolute Gasteiger partial charge is 0.267 e. The number of carbonyl (C=O) groups is 1. The molecule has 0 saturated heterocycles. The van der Waals surface area contributed by atoms with Gasteiger partial charge in [0.05, 0.1) is 0 Å². The van der Waals surface area contributed by atoms with Gasteiger partial charge in [-0.25, -0.2) is 13.8 Å². The number of carbonyl (C=O) groups excluding carboxylic acids is 1. The van der Waals surface area contributed by atoms with Crippen LogP contribution >= 0.6 is 0 Å². The minimum absolute atomic E-state index is 0.0353. The molecule has 0 spiro atoms. The molecule has 3 nitrogen and oxygen atoms in total. The van der Waals surface area contributed by atoms with Crippen LogP contribution in [-0.2, 0) is 0 Å². The summed E-state index contributed by atoms with van der Waals surface area (Å²) in [5, 5.41) is 0.534. The van der Waals surface area contributed by atoms with Crippen molar-refractivity contribution in [3.05, 3.63) is 65.9 Å². The van der Waals surface area contributed by atoms with E-state index in [-0.39, 0.29) is 17.0 Å². The number of benzene rings is 2. The van der Waals surface area contributed by atoms with Gasteiger partial charge >= 0.3 is 0 Å². The molecule has 0 atom stereocenters. The Labute approximate surface area is 132 Å². The van der Waals surface area contributed by atoms with Crippen LogP contribution in [0.25, 0.3) is 22.0 Å². The van der Waals surface area contributed by atoms with Gasteiger partial charge in [0.15, 0.2) is 0 Å². The molecule has 118 valence electrons. The number of rotatable bonds is 2. The molecule has 1 aromatic heterocycles. The Morgan fingerprint density at radius 3 is 2.30 bits per heavy atom. The fourth-order valence-electron chi connectivity index (χ4n) is 2.21. The summed E-state index contributed by atoms with van der Waals surface area (Å²) in [6, 6.07) is 11.7. The molecule has 0 fully saturated rings. The van der Waals surface area contributed by atoms with Crippen LogP contribution in [0.15, 0.2) is 48.5 Å². The standard InChI is InChI=1S/C16H10F2N2O.C2H6/c17-10-6-4-9(5-7-10)12-8-14(16(19)21)20-15-11(12)2-1-3-13(15)18;1-2/h1-8H,(H2,19,21);1-2H3. The highest BCUT2D eigenvalue weighted by atomic mass is 19.1. The molecule has 0 radical (unpaired) electrons. The molecule has 1 heterocycles. The number of para-hydroxylation sites is 1. The highest BCUT2D eigenvalue weighted by Crippen LogP contribution is 2.30. The molecule has 0 aliphatic rings. The molecule has 1 amide bonds. The lowest BCUT2D eigenvalue weighted by molar-refractivity contribution is 0.0996. The van der Waals surface area contributed by atoms with Crippen LogP contribution < -0.4 is 5.73 Å². The number of fused-ring (bicyclic) bond motifs is 1. The van der Waals surface area contributed by atoms with E-state index in [1.54, 1.807) is 24.3 Å². The minimum Gasteiger partial charge on any atom is -0.364 e. The second-order valence-corrected chi connectivity index (χ2v) is 4.56. The van der Waals surface area contributed by atoms with Crippen molar-refractivity contribution in [2.45, 2.75) is 13.8 Å². The maximum atomic E-state index is 13.9. The van der Waals surface area contributed by atoms with Crippen molar-refractivity contribution in [1.82, 2.24) is 4.98 Å². The average molecular weight is 314 g/mol. The summed E-state index contributed by atoms with van der Waals surface area (Å²) in [5.74, 6) is -1.67. The molecule has 0 aliphatic heterocycles. The van der Waals surface area contributed by atoms with Crippen molar-refractivity contribution in [2.75, 3.05) is 0 Å². The molecule has 2 N–H and O–H groups in total. The summed E-state index contributed by atoms with van der Waals surface area (Å²) in [6.45, 7) is 4.00. The quantitative estimate of drug-likeness (QED) is 0.766. The van der Waals surface area contributed by atoms with Crippen LogP contribution in [0.4, 0.5) is 8.78 Å². The fourth-order valence-corrected chi connectivity index (χ4v) is 2.21. The lowest BCUT2D eigenvalue weighted by Crippen LogP contribution is -2.13. The van der Waals surface area contributed by atoms with E-state index in [1.165, 1.54) is 24.3 Å². The number of hydrogen-bond acceptors (Lipinski definition) is 2. The topological polar surface area (TPSA) is 56.0 Å². The fraction of sp³-hybridized carbons (Fsp3) is 0.111. The number of amides is 1. The summed E-state index contributed by atoms with van der Waals surface area (Å²) in [5.41, 5.74) is 6.50. The zero-order valence-electron chi connectivity index (χ0n) is 12.8. The van der Waals surface area contributed by atoms with Crippen LogP contribution in [0.3, 0.4) is 0 Å². The van der Waals surface area contributed by atoms with Crippen molar-refractivity contribution in [3.63, 3.8) is 0 Å². The maximum absolute atomic E-state index is 13.9. The number of halogens is 2. The predicted octanol–water partition coefficient (Wildman–Crippen LogP) is 4.31. The zero-order chi connectivity index (χ0) is 17.0. The molecular formula is C18H16F2N2O. The molecule has 5 heteroatoms. The Morgan fingerprint density at radius 2 is 1.70 bits per heavy atom. The largest absolute Gasteiger partial charge is 0.364 e. The molecule has 3 aromatic rings. The SMILES string of the molecule is CC.NC(=O)c1cc(-c2ccc(F)cc2)c2cccc(F)c2n1. The second kappa shape index (κ2) is 6.96. The molecule has 0 saturated carbocycles. The number of hydrogen-bond donors (Lipinski definition) is 1. The maximum Gasteiger partial charge on any atom is 0.267 e. The summed E-state index contributed by atoms with van der Waals surface area (Å²) in [4.78, 5) is 15.3. The zero-order valence-corrected chi connectivity index (χ0v) is 12.8. The Morgan fingerprint density at radius 1 is 1.04 bits per heavy atom. The van der Waals surface area contributed by atoms with E-state index < -0.39 is 11.7 Å². The summed E-state index contributed by atoms with van der Waals surface area (Å²) >= 11 is 0. The van der Waals surface area contributed by atoms with Crippen LogP contribution in [0.1, 0.15) is 24.3 Å². The number of nitrogens with two attached hydrogens (primary N) is 1. The number of nitrogens with zero attached hydrogens (tertiary/aromatic N) is 1. The van der Waals surface area contributed by atoms with E-state index in [0.717, 1.165) is 0 Å². The predicted molar refractivity (Wildman–Crippen MR) is 87.0 cm³/mol. The number of primary amides is 1. The molecule has 23 heavy (non-hydrogen) atoms. The summed E-state index contributed by atoms with van der Waals surface area (Å²) in [6.07, 6.45) is 0. The van der Waals surface area contributed by atoms with Crippen LogP contribution in [0.2, 0.25) is 0 Å². The van der Waals surface area contributed by atoms with E-state index in [0.29, 0.717) is 16.5 Å². The van der Waals surface area contributed by atoms with Gasteiger partial charge in [0.25, 0.3) is 5.91 Å². The van der Waals surface area contributed by atoms with Gasteiger partial charge in [-0.15, -0.1) is 0 Å². The van der Waals surface area contributed by atoms with E-state index >= 15 is 0 Å². The third kappa shape index (κ3) is 3.34. The van der Waals surface area contributed by atoms with E-state index in [2.05, 4.69) is 4.98 Å². The van der Waals surface area contributed by atoms with Crippen molar-refractivity contribution in [3.8, 4) is 11.1 Å². The highest BCUT2D eigenvalue weighted by molar-refractivity contribution is 6.00. The molecule has 3 rings (SSSR count). The van der Waals surface area contributed by atoms with E-state index in [1.807, 2.05) is 13.8 Å². The van der Waals surface area contributed by atoms with Gasteiger partial charge in [0, 0.05) is 5.39 Å². The summed E-state index contributed by atoms with van der Waals surface area (Å²) < 4.78 is 27.0. The highest BCUT2D eigenvalue weighted by Gasteiger charge is 2.13. The monoisotopic (exact) mass is 314 g/mol. The first-order chi connectivity index (χ1) is 11.1. The van der Waals surface area contributed by atoms with Crippen LogP contribution in [0, 0.1) is 11.6 Å². The Bertz CT molecular complexity index is 846. The first-order valence-electron chi connectivity index (χ1n) is 7.21. The molecule has 0 bridgehead atoms. The first kappa shape index (κ1) is 16.5. The third-order valence-electron chi connectivity index (χ3n) is 3.20. The van der Waals surface area contributed by atoms with Crippen molar-refractivity contribution < 1.29 is 13.6 Å². The van der Waals surface area contributed by atoms with Crippen LogP contribution in [0.5, 0.6) is 0 Å². The number of aromatic nitrogens is 1. The van der Waals surface area contributed by atoms with E-state index in [9.17, 15) is 13.6 Å². The van der Waals surface area contributed by atoms with Gasteiger partial charge in [-0.3, -0.25) is 4.79 Å². The molecule has 0 aliphatic carbocycles. The van der Waals surface area contributed by atoms with Gasteiger partial charge in [0.1, 0.15) is 22.8 Å². The lowest BCUT2D eigenvalue weighted by atomic mass is 10.00. The molecular weight excluding hydrogens is 298 g/mol. The second-order valence-electron chi connectivity index (χ2n) is 4.56. The van der Waals surface area contributed by atoms with Crippen molar-refractivity contribution >= 4 is 16.8 Å². The van der Waals surface area contributed by atoms with Crippen LogP contribution in [-0.4, -0.2) is 10.9 Å². The normalized spacial score (nSPS) is 10.1. The Balaban J connectivity index is 0.000000924. The van der Waals surface area contributed by atoms with Gasteiger partial charge in [-0.05, 0) is 35.4 Å². The summed E-state index contributed by atoms with van der Waals surface area (Å²) in [7, 11) is 0. The first-order valence-corrected chi connectivity index (χ1v) is 7.21. The van der Waals surface area contributed by atoms with Gasteiger partial charge in [0.2, 0.25) is 0 Å². The third-order valence-corrected chi connectivity index (χ3v) is 3.20. The van der Waals surface area contributed by atoms with Gasteiger partial charge in [-0.1, -0.05) is 38.1 Å². The van der Waals surface area contributed by atoms with Gasteiger partial charge in [-0.2, -0.15) is 0 Å². The minimum atomic E-state index is -0.747. The molecule has 2 aromatic carbocycles. The lowest BCUT2D eigenvalue weighted by Gasteiger charge is -2.09. The van der Waals surface area contributed by atoms with Crippen molar-refractivity contribution in [1.29, 1.82) is 0 Å². The Kier molecular flexibility index (Phi) is 5.01. The van der Waals surface area contributed by atoms with Crippen molar-refractivity contribution in [2.24, 2.45) is 5.73 Å². The average Bonchev–Trinajstić information content (AvgIpc) is 2.57. The Hall–Kier alpha value is -2.82. The van der Waals surface area contributed by atoms with E-state index in [4.69, 9.17) is 5.73 Å². The number of pyridine rings is 1.